The number of hydrogen-bond donors (Lipinski definition) is 1. The Morgan fingerprint density at radius 3 is 2.36 bits per heavy atom. The lowest BCUT2D eigenvalue weighted by Crippen LogP contribution is -2.21. The van der Waals surface area contributed by atoms with E-state index in [1.165, 1.54) is 0 Å². The number of nitrogens with one attached hydrogen (secondary N) is 1. The minimum atomic E-state index is -0.498. The molecular weight excluding hydrogens is 278 g/mol. The fourth-order valence-corrected chi connectivity index (χ4v) is 1.99. The van der Waals surface area contributed by atoms with Crippen LogP contribution < -0.4 is 5.32 Å². The zero-order valence-corrected chi connectivity index (χ0v) is 12.8. The maximum absolute atomic E-state index is 11.9. The average Bonchev–Trinajstić information content (AvgIpc) is 2.55. The number of para-hydroxylation sites is 1. The van der Waals surface area contributed by atoms with Crippen LogP contribution in [0.25, 0.3) is 0 Å². The lowest BCUT2D eigenvalue weighted by Gasteiger charge is -2.09. The van der Waals surface area contributed by atoms with E-state index in [4.69, 9.17) is 4.74 Å². The third kappa shape index (κ3) is 4.19. The molecule has 0 aliphatic heterocycles. The van der Waals surface area contributed by atoms with Gasteiger partial charge in [-0.3, -0.25) is 4.79 Å². The summed E-state index contributed by atoms with van der Waals surface area (Å²) in [7, 11) is 0. The highest BCUT2D eigenvalue weighted by atomic mass is 16.5. The van der Waals surface area contributed by atoms with Crippen LogP contribution in [0.5, 0.6) is 0 Å². The van der Waals surface area contributed by atoms with Crippen LogP contribution in [0.2, 0.25) is 0 Å². The molecule has 2 rings (SSSR count). The lowest BCUT2D eigenvalue weighted by atomic mass is 10.1. The molecule has 2 aromatic rings. The number of hydrogen-bond acceptors (Lipinski definition) is 3. The molecule has 4 heteroatoms. The number of carbonyl (C=O) groups is 2. The van der Waals surface area contributed by atoms with Crippen molar-refractivity contribution < 1.29 is 14.3 Å². The van der Waals surface area contributed by atoms with Gasteiger partial charge in [0.1, 0.15) is 0 Å². The van der Waals surface area contributed by atoms with E-state index in [-0.39, 0.29) is 12.5 Å². The summed E-state index contributed by atoms with van der Waals surface area (Å²) in [5.74, 6) is -0.851. The van der Waals surface area contributed by atoms with E-state index in [9.17, 15) is 9.59 Å². The number of aryl methyl sites for hydroxylation is 2. The summed E-state index contributed by atoms with van der Waals surface area (Å²) in [5, 5.41) is 2.72. The minimum Gasteiger partial charge on any atom is -0.452 e. The molecule has 0 aliphatic carbocycles. The quantitative estimate of drug-likeness (QED) is 0.861. The fourth-order valence-electron chi connectivity index (χ4n) is 1.99. The van der Waals surface area contributed by atoms with Crippen LogP contribution in [0.4, 0.5) is 5.69 Å². The largest absolute Gasteiger partial charge is 0.452 e. The summed E-state index contributed by atoms with van der Waals surface area (Å²) in [5.41, 5.74) is 3.27. The van der Waals surface area contributed by atoms with Crippen LogP contribution in [0.15, 0.2) is 48.5 Å². The van der Waals surface area contributed by atoms with Crippen molar-refractivity contribution in [2.24, 2.45) is 0 Å². The second-order valence-electron chi connectivity index (χ2n) is 4.99. The van der Waals surface area contributed by atoms with Crippen molar-refractivity contribution in [2.75, 3.05) is 11.9 Å². The first-order valence-electron chi connectivity index (χ1n) is 7.21. The third-order valence-corrected chi connectivity index (χ3v) is 3.35. The molecule has 0 saturated carbocycles. The van der Waals surface area contributed by atoms with Gasteiger partial charge in [-0.05, 0) is 42.7 Å². The molecule has 2 aromatic carbocycles. The van der Waals surface area contributed by atoms with Crippen LogP contribution in [0.3, 0.4) is 0 Å². The Kier molecular flexibility index (Phi) is 5.31. The van der Waals surface area contributed by atoms with Gasteiger partial charge < -0.3 is 10.1 Å². The molecule has 0 heterocycles. The first kappa shape index (κ1) is 15.8. The molecule has 1 N–H and O–H groups in total. The molecule has 0 radical (unpaired) electrons. The monoisotopic (exact) mass is 297 g/mol. The Balaban J connectivity index is 1.87. The summed E-state index contributed by atoms with van der Waals surface area (Å²) in [4.78, 5) is 23.7. The number of benzene rings is 2. The van der Waals surface area contributed by atoms with E-state index < -0.39 is 5.97 Å². The zero-order chi connectivity index (χ0) is 15.9. The molecule has 0 saturated heterocycles. The molecule has 0 fully saturated rings. The third-order valence-electron chi connectivity index (χ3n) is 3.35. The Morgan fingerprint density at radius 1 is 1.05 bits per heavy atom. The molecule has 0 atom stereocenters. The standard InChI is InChI=1S/C18H19NO3/c1-3-14-8-10-15(11-9-14)18(21)22-12-17(20)19-16-7-5-4-6-13(16)2/h4-11H,3,12H2,1-2H3,(H,19,20). The molecule has 0 bridgehead atoms. The Labute approximate surface area is 130 Å². The SMILES string of the molecule is CCc1ccc(C(=O)OCC(=O)Nc2ccccc2C)cc1. The van der Waals surface area contributed by atoms with Gasteiger partial charge in [0, 0.05) is 5.69 Å². The molecule has 4 nitrogen and oxygen atoms in total. The summed E-state index contributed by atoms with van der Waals surface area (Å²) in [6.45, 7) is 3.64. The van der Waals surface area contributed by atoms with E-state index in [2.05, 4.69) is 5.32 Å². The number of carbonyl (C=O) groups excluding carboxylic acids is 2. The van der Waals surface area contributed by atoms with Crippen molar-refractivity contribution in [1.82, 2.24) is 0 Å². The van der Waals surface area contributed by atoms with Crippen LogP contribution in [-0.2, 0) is 16.0 Å². The molecular formula is C18H19NO3. The van der Waals surface area contributed by atoms with Crippen LogP contribution in [0.1, 0.15) is 28.4 Å². The molecule has 0 unspecified atom stereocenters. The number of amides is 1. The summed E-state index contributed by atoms with van der Waals surface area (Å²) >= 11 is 0. The van der Waals surface area contributed by atoms with Gasteiger partial charge in [0.05, 0.1) is 5.56 Å². The Morgan fingerprint density at radius 2 is 1.73 bits per heavy atom. The second kappa shape index (κ2) is 7.41. The molecule has 1 amide bonds. The van der Waals surface area contributed by atoms with Gasteiger partial charge in [-0.15, -0.1) is 0 Å². The van der Waals surface area contributed by atoms with Crippen molar-refractivity contribution in [1.29, 1.82) is 0 Å². The van der Waals surface area contributed by atoms with E-state index in [1.54, 1.807) is 18.2 Å². The number of anilines is 1. The van der Waals surface area contributed by atoms with Crippen molar-refractivity contribution in [3.8, 4) is 0 Å². The molecule has 0 aliphatic rings. The highest BCUT2D eigenvalue weighted by Crippen LogP contribution is 2.13. The van der Waals surface area contributed by atoms with E-state index in [0.29, 0.717) is 5.56 Å². The van der Waals surface area contributed by atoms with Gasteiger partial charge in [-0.25, -0.2) is 4.79 Å². The fraction of sp³-hybridized carbons (Fsp3) is 0.222. The van der Waals surface area contributed by atoms with Crippen molar-refractivity contribution in [3.05, 3.63) is 65.2 Å². The lowest BCUT2D eigenvalue weighted by molar-refractivity contribution is -0.119. The Bertz CT molecular complexity index is 662. The topological polar surface area (TPSA) is 55.4 Å². The van der Waals surface area contributed by atoms with Crippen molar-refractivity contribution in [3.63, 3.8) is 0 Å². The number of ether oxygens (including phenoxy) is 1. The molecule has 22 heavy (non-hydrogen) atoms. The normalized spacial score (nSPS) is 10.1. The molecule has 0 spiro atoms. The highest BCUT2D eigenvalue weighted by Gasteiger charge is 2.10. The maximum Gasteiger partial charge on any atom is 0.338 e. The predicted octanol–water partition coefficient (Wildman–Crippen LogP) is 3.35. The van der Waals surface area contributed by atoms with Gasteiger partial charge in [-0.2, -0.15) is 0 Å². The van der Waals surface area contributed by atoms with Gasteiger partial charge in [0.15, 0.2) is 6.61 Å². The number of rotatable bonds is 5. The van der Waals surface area contributed by atoms with Crippen molar-refractivity contribution in [2.45, 2.75) is 20.3 Å². The summed E-state index contributed by atoms with van der Waals surface area (Å²) < 4.78 is 5.02. The van der Waals surface area contributed by atoms with Gasteiger partial charge in [0.2, 0.25) is 0 Å². The summed E-state index contributed by atoms with van der Waals surface area (Å²) in [6.07, 6.45) is 0.911. The van der Waals surface area contributed by atoms with Gasteiger partial charge >= 0.3 is 5.97 Å². The predicted molar refractivity (Wildman–Crippen MR) is 85.9 cm³/mol. The average molecular weight is 297 g/mol. The maximum atomic E-state index is 11.9. The van der Waals surface area contributed by atoms with Crippen LogP contribution in [-0.4, -0.2) is 18.5 Å². The van der Waals surface area contributed by atoms with Crippen LogP contribution >= 0.6 is 0 Å². The first-order valence-corrected chi connectivity index (χ1v) is 7.21. The van der Waals surface area contributed by atoms with E-state index >= 15 is 0 Å². The van der Waals surface area contributed by atoms with E-state index in [0.717, 1.165) is 23.2 Å². The van der Waals surface area contributed by atoms with Crippen LogP contribution in [0, 0.1) is 6.92 Å². The Hall–Kier alpha value is -2.62. The minimum absolute atomic E-state index is 0.303. The highest BCUT2D eigenvalue weighted by molar-refractivity contribution is 5.95. The number of esters is 1. The van der Waals surface area contributed by atoms with Gasteiger partial charge in [0.25, 0.3) is 5.91 Å². The smallest absolute Gasteiger partial charge is 0.338 e. The van der Waals surface area contributed by atoms with E-state index in [1.807, 2.05) is 44.2 Å². The zero-order valence-electron chi connectivity index (χ0n) is 12.8. The first-order chi connectivity index (χ1) is 10.6. The van der Waals surface area contributed by atoms with Crippen molar-refractivity contribution >= 4 is 17.6 Å². The molecule has 0 aromatic heterocycles. The van der Waals surface area contributed by atoms with Gasteiger partial charge in [-0.1, -0.05) is 37.3 Å². The summed E-state index contributed by atoms with van der Waals surface area (Å²) in [6, 6.07) is 14.6. The molecule has 114 valence electrons. The second-order valence-corrected chi connectivity index (χ2v) is 4.99.